The highest BCUT2D eigenvalue weighted by molar-refractivity contribution is 5.90. The third kappa shape index (κ3) is 2.65. The molecule has 0 aliphatic carbocycles. The lowest BCUT2D eigenvalue weighted by Crippen LogP contribution is -2.25. The van der Waals surface area contributed by atoms with Gasteiger partial charge in [0.25, 0.3) is 0 Å². The molecule has 20 heavy (non-hydrogen) atoms. The van der Waals surface area contributed by atoms with Crippen LogP contribution in [0.1, 0.15) is 62.2 Å². The van der Waals surface area contributed by atoms with Gasteiger partial charge in [-0.3, -0.25) is 0 Å². The van der Waals surface area contributed by atoms with E-state index >= 15 is 0 Å². The van der Waals surface area contributed by atoms with Gasteiger partial charge < -0.3 is 15.2 Å². The molecule has 6 heteroatoms. The first-order chi connectivity index (χ1) is 9.36. The average Bonchev–Trinajstić information content (AvgIpc) is 2.76. The lowest BCUT2D eigenvalue weighted by molar-refractivity contribution is 0.0140. The summed E-state index contributed by atoms with van der Waals surface area (Å²) in [5.74, 6) is 0.0219. The molecule has 1 aromatic rings. The minimum atomic E-state index is -0.469. The Morgan fingerprint density at radius 2 is 2.15 bits per heavy atom. The van der Waals surface area contributed by atoms with Crippen LogP contribution in [0.4, 0.5) is 5.82 Å². The van der Waals surface area contributed by atoms with Crippen molar-refractivity contribution in [2.24, 2.45) is 0 Å². The van der Waals surface area contributed by atoms with Crippen molar-refractivity contribution in [1.82, 2.24) is 9.78 Å². The summed E-state index contributed by atoms with van der Waals surface area (Å²) in [5.41, 5.74) is 6.86. The topological polar surface area (TPSA) is 79.4 Å². The van der Waals surface area contributed by atoms with Gasteiger partial charge in [0, 0.05) is 6.61 Å². The third-order valence-corrected chi connectivity index (χ3v) is 3.48. The Labute approximate surface area is 119 Å². The lowest BCUT2D eigenvalue weighted by Gasteiger charge is -2.24. The quantitative estimate of drug-likeness (QED) is 0.841. The molecule has 2 N–H and O–H groups in total. The highest BCUT2D eigenvalue weighted by atomic mass is 16.5. The molecule has 1 atom stereocenters. The summed E-state index contributed by atoms with van der Waals surface area (Å²) in [7, 11) is 1.35. The zero-order valence-corrected chi connectivity index (χ0v) is 12.6. The number of nitrogens with zero attached hydrogens (tertiary/aromatic N) is 2. The van der Waals surface area contributed by atoms with Crippen LogP contribution >= 0.6 is 0 Å². The molecule has 2 rings (SSSR count). The average molecular weight is 281 g/mol. The lowest BCUT2D eigenvalue weighted by atomic mass is 10.0. The van der Waals surface area contributed by atoms with E-state index in [4.69, 9.17) is 15.2 Å². The van der Waals surface area contributed by atoms with E-state index in [1.165, 1.54) is 7.11 Å². The van der Waals surface area contributed by atoms with Crippen LogP contribution in [0.2, 0.25) is 0 Å². The SMILES string of the molecule is COC(=O)c1nn(C(C)(C)C)c(N)c1C1CCCCO1. The molecule has 0 amide bonds. The fraction of sp³-hybridized carbons (Fsp3) is 0.714. The Morgan fingerprint density at radius 1 is 1.45 bits per heavy atom. The molecule has 1 unspecified atom stereocenters. The van der Waals surface area contributed by atoms with E-state index in [0.29, 0.717) is 18.0 Å². The maximum atomic E-state index is 12.0. The van der Waals surface area contributed by atoms with Crippen molar-refractivity contribution in [3.8, 4) is 0 Å². The summed E-state index contributed by atoms with van der Waals surface area (Å²) < 4.78 is 12.3. The molecular formula is C14H23N3O3. The van der Waals surface area contributed by atoms with Gasteiger partial charge in [-0.1, -0.05) is 0 Å². The number of aromatic nitrogens is 2. The van der Waals surface area contributed by atoms with Crippen LogP contribution in [-0.2, 0) is 15.0 Å². The largest absolute Gasteiger partial charge is 0.464 e. The number of hydrogen-bond donors (Lipinski definition) is 1. The van der Waals surface area contributed by atoms with Crippen LogP contribution in [0.25, 0.3) is 0 Å². The summed E-state index contributed by atoms with van der Waals surface area (Å²) in [6, 6.07) is 0. The van der Waals surface area contributed by atoms with Crippen molar-refractivity contribution in [3.05, 3.63) is 11.3 Å². The second-order valence-corrected chi connectivity index (χ2v) is 6.08. The molecule has 6 nitrogen and oxygen atoms in total. The number of hydrogen-bond acceptors (Lipinski definition) is 5. The summed E-state index contributed by atoms with van der Waals surface area (Å²) in [4.78, 5) is 12.0. The molecule has 1 aromatic heterocycles. The highest BCUT2D eigenvalue weighted by Crippen LogP contribution is 2.36. The number of carbonyl (C=O) groups is 1. The summed E-state index contributed by atoms with van der Waals surface area (Å²) >= 11 is 0. The molecule has 0 saturated carbocycles. The Kier molecular flexibility index (Phi) is 4.04. The third-order valence-electron chi connectivity index (χ3n) is 3.48. The van der Waals surface area contributed by atoms with Crippen molar-refractivity contribution in [2.45, 2.75) is 51.7 Å². The molecule has 0 spiro atoms. The maximum absolute atomic E-state index is 12.0. The highest BCUT2D eigenvalue weighted by Gasteiger charge is 2.32. The number of ether oxygens (including phenoxy) is 2. The van der Waals surface area contributed by atoms with Gasteiger partial charge >= 0.3 is 5.97 Å². The smallest absolute Gasteiger partial charge is 0.359 e. The standard InChI is InChI=1S/C14H23N3O3/c1-14(2,3)17-12(15)10(9-7-5-6-8-20-9)11(16-17)13(18)19-4/h9H,5-8,15H2,1-4H3. The molecule has 1 fully saturated rings. The molecule has 112 valence electrons. The van der Waals surface area contributed by atoms with E-state index in [9.17, 15) is 4.79 Å². The Morgan fingerprint density at radius 3 is 2.65 bits per heavy atom. The number of methoxy groups -OCH3 is 1. The first kappa shape index (κ1) is 14.8. The van der Waals surface area contributed by atoms with Crippen molar-refractivity contribution >= 4 is 11.8 Å². The second kappa shape index (κ2) is 5.44. The van der Waals surface area contributed by atoms with Gasteiger partial charge in [-0.15, -0.1) is 0 Å². The van der Waals surface area contributed by atoms with E-state index in [1.54, 1.807) is 4.68 Å². The molecular weight excluding hydrogens is 258 g/mol. The fourth-order valence-corrected chi connectivity index (χ4v) is 2.49. The second-order valence-electron chi connectivity index (χ2n) is 6.08. The number of nitrogens with two attached hydrogens (primary N) is 1. The van der Waals surface area contributed by atoms with E-state index in [0.717, 1.165) is 19.3 Å². The number of rotatable bonds is 2. The van der Waals surface area contributed by atoms with Crippen molar-refractivity contribution in [3.63, 3.8) is 0 Å². The minimum absolute atomic E-state index is 0.172. The Hall–Kier alpha value is -1.56. The van der Waals surface area contributed by atoms with Gasteiger partial charge in [0.05, 0.1) is 24.3 Å². The van der Waals surface area contributed by atoms with Gasteiger partial charge in [0.2, 0.25) is 0 Å². The number of carbonyl (C=O) groups excluding carboxylic acids is 1. The molecule has 2 heterocycles. The zero-order valence-electron chi connectivity index (χ0n) is 12.6. The molecule has 1 aliphatic rings. The summed E-state index contributed by atoms with van der Waals surface area (Å²) in [5, 5.41) is 4.36. The molecule has 0 bridgehead atoms. The van der Waals surface area contributed by atoms with Gasteiger partial charge in [0.15, 0.2) is 5.69 Å². The minimum Gasteiger partial charge on any atom is -0.464 e. The van der Waals surface area contributed by atoms with Crippen LogP contribution in [0.3, 0.4) is 0 Å². The van der Waals surface area contributed by atoms with E-state index < -0.39 is 5.97 Å². The first-order valence-corrected chi connectivity index (χ1v) is 6.95. The fourth-order valence-electron chi connectivity index (χ4n) is 2.49. The van der Waals surface area contributed by atoms with Crippen LogP contribution in [-0.4, -0.2) is 29.5 Å². The normalized spacial score (nSPS) is 19.9. The predicted octanol–water partition coefficient (Wildman–Crippen LogP) is 2.25. The van der Waals surface area contributed by atoms with Crippen molar-refractivity contribution < 1.29 is 14.3 Å². The molecule has 0 radical (unpaired) electrons. The van der Waals surface area contributed by atoms with Gasteiger partial charge in [-0.25, -0.2) is 9.48 Å². The van der Waals surface area contributed by atoms with E-state index in [2.05, 4.69) is 5.10 Å². The molecule has 1 aliphatic heterocycles. The van der Waals surface area contributed by atoms with Crippen LogP contribution in [0, 0.1) is 0 Å². The summed E-state index contributed by atoms with van der Waals surface area (Å²) in [6.45, 7) is 6.65. The van der Waals surface area contributed by atoms with Gasteiger partial charge in [-0.05, 0) is 40.0 Å². The number of nitrogen functional groups attached to an aromatic ring is 1. The first-order valence-electron chi connectivity index (χ1n) is 6.95. The van der Waals surface area contributed by atoms with Crippen molar-refractivity contribution in [1.29, 1.82) is 0 Å². The van der Waals surface area contributed by atoms with Gasteiger partial charge in [0.1, 0.15) is 5.82 Å². The predicted molar refractivity (Wildman–Crippen MR) is 75.5 cm³/mol. The van der Waals surface area contributed by atoms with E-state index in [1.807, 2.05) is 20.8 Å². The Balaban J connectivity index is 2.51. The Bertz CT molecular complexity index is 496. The van der Waals surface area contributed by atoms with E-state index in [-0.39, 0.29) is 17.3 Å². The van der Waals surface area contributed by atoms with Gasteiger partial charge in [-0.2, -0.15) is 5.10 Å². The molecule has 0 aromatic carbocycles. The zero-order chi connectivity index (χ0) is 14.9. The monoisotopic (exact) mass is 281 g/mol. The number of anilines is 1. The maximum Gasteiger partial charge on any atom is 0.359 e. The van der Waals surface area contributed by atoms with Crippen molar-refractivity contribution in [2.75, 3.05) is 19.5 Å². The number of esters is 1. The van der Waals surface area contributed by atoms with Crippen LogP contribution in [0.5, 0.6) is 0 Å². The van der Waals surface area contributed by atoms with Crippen LogP contribution < -0.4 is 5.73 Å². The molecule has 1 saturated heterocycles. The summed E-state index contributed by atoms with van der Waals surface area (Å²) in [6.07, 6.45) is 2.78. The van der Waals surface area contributed by atoms with Crippen LogP contribution in [0.15, 0.2) is 0 Å².